The van der Waals surface area contributed by atoms with Gasteiger partial charge in [0.25, 0.3) is 0 Å². The molecule has 0 fully saturated rings. The van der Waals surface area contributed by atoms with Gasteiger partial charge in [-0.25, -0.2) is 4.79 Å². The quantitative estimate of drug-likeness (QED) is 0.784. The third-order valence-electron chi connectivity index (χ3n) is 3.71. The molecule has 0 saturated heterocycles. The van der Waals surface area contributed by atoms with E-state index < -0.39 is 18.1 Å². The van der Waals surface area contributed by atoms with Gasteiger partial charge < -0.3 is 14.6 Å². The predicted molar refractivity (Wildman–Crippen MR) is 85.9 cm³/mol. The summed E-state index contributed by atoms with van der Waals surface area (Å²) in [6.07, 6.45) is -1.25. The van der Waals surface area contributed by atoms with E-state index >= 15 is 0 Å². The molecule has 124 valence electrons. The molecule has 0 aliphatic rings. The minimum atomic E-state index is -1.25. The van der Waals surface area contributed by atoms with Crippen LogP contribution in [0.3, 0.4) is 0 Å². The molecule has 22 heavy (non-hydrogen) atoms. The standard InChI is InChI=1S/C17H27NO4/c1-11(2)18(12(3)4)15(16(19)17(20)22-6)13-7-9-14(21-5)10-8-13/h7-12,15-16,19H,1-6H3/t15-,16+/m0/s1. The van der Waals surface area contributed by atoms with Crippen LogP contribution in [0, 0.1) is 0 Å². The number of esters is 1. The van der Waals surface area contributed by atoms with Gasteiger partial charge in [0.1, 0.15) is 5.75 Å². The second-order valence-corrected chi connectivity index (χ2v) is 5.82. The average molecular weight is 309 g/mol. The lowest BCUT2D eigenvalue weighted by Gasteiger charge is -2.40. The highest BCUT2D eigenvalue weighted by molar-refractivity contribution is 5.75. The van der Waals surface area contributed by atoms with Crippen molar-refractivity contribution in [2.24, 2.45) is 0 Å². The fraction of sp³-hybridized carbons (Fsp3) is 0.588. The molecule has 0 bridgehead atoms. The highest BCUT2D eigenvalue weighted by atomic mass is 16.5. The van der Waals surface area contributed by atoms with Crippen molar-refractivity contribution < 1.29 is 19.4 Å². The Labute approximate surface area is 132 Å². The van der Waals surface area contributed by atoms with Gasteiger partial charge in [0, 0.05) is 12.1 Å². The first-order chi connectivity index (χ1) is 10.3. The molecule has 1 N–H and O–H groups in total. The zero-order valence-corrected chi connectivity index (χ0v) is 14.2. The van der Waals surface area contributed by atoms with Gasteiger partial charge in [0.05, 0.1) is 20.3 Å². The molecule has 1 aromatic carbocycles. The molecule has 2 atom stereocenters. The summed E-state index contributed by atoms with van der Waals surface area (Å²) < 4.78 is 9.89. The van der Waals surface area contributed by atoms with E-state index in [1.165, 1.54) is 7.11 Å². The molecule has 0 unspecified atom stereocenters. The van der Waals surface area contributed by atoms with E-state index in [0.717, 1.165) is 11.3 Å². The van der Waals surface area contributed by atoms with Crippen molar-refractivity contribution in [2.45, 2.75) is 51.9 Å². The third-order valence-corrected chi connectivity index (χ3v) is 3.71. The van der Waals surface area contributed by atoms with Crippen LogP contribution < -0.4 is 4.74 Å². The van der Waals surface area contributed by atoms with Crippen LogP contribution in [-0.4, -0.2) is 48.4 Å². The second kappa shape index (κ2) is 8.15. The van der Waals surface area contributed by atoms with Crippen molar-refractivity contribution in [3.8, 4) is 5.75 Å². The van der Waals surface area contributed by atoms with Gasteiger partial charge in [0.15, 0.2) is 6.10 Å². The number of nitrogens with zero attached hydrogens (tertiary/aromatic N) is 1. The van der Waals surface area contributed by atoms with Gasteiger partial charge in [-0.3, -0.25) is 4.90 Å². The lowest BCUT2D eigenvalue weighted by molar-refractivity contribution is -0.155. The fourth-order valence-corrected chi connectivity index (χ4v) is 2.81. The molecule has 0 heterocycles. The first-order valence-corrected chi connectivity index (χ1v) is 7.50. The number of ether oxygens (including phenoxy) is 2. The van der Waals surface area contributed by atoms with Crippen LogP contribution in [0.2, 0.25) is 0 Å². The topological polar surface area (TPSA) is 59.0 Å². The van der Waals surface area contributed by atoms with E-state index in [-0.39, 0.29) is 12.1 Å². The largest absolute Gasteiger partial charge is 0.497 e. The maximum atomic E-state index is 11.9. The van der Waals surface area contributed by atoms with Crippen molar-refractivity contribution in [3.63, 3.8) is 0 Å². The zero-order chi connectivity index (χ0) is 16.9. The number of carbonyl (C=O) groups excluding carboxylic acids is 1. The first kappa shape index (κ1) is 18.5. The number of hydrogen-bond acceptors (Lipinski definition) is 5. The first-order valence-electron chi connectivity index (χ1n) is 7.50. The maximum absolute atomic E-state index is 11.9. The molecular formula is C17H27NO4. The normalized spacial score (nSPS) is 14.3. The van der Waals surface area contributed by atoms with E-state index in [4.69, 9.17) is 9.47 Å². The number of aliphatic hydroxyl groups excluding tert-OH is 1. The number of aliphatic hydroxyl groups is 1. The van der Waals surface area contributed by atoms with Crippen molar-refractivity contribution in [3.05, 3.63) is 29.8 Å². The van der Waals surface area contributed by atoms with Gasteiger partial charge in [-0.15, -0.1) is 0 Å². The van der Waals surface area contributed by atoms with E-state index in [0.29, 0.717) is 0 Å². The van der Waals surface area contributed by atoms with Gasteiger partial charge in [-0.05, 0) is 45.4 Å². The fourth-order valence-electron chi connectivity index (χ4n) is 2.81. The summed E-state index contributed by atoms with van der Waals surface area (Å²) in [7, 11) is 2.88. The van der Waals surface area contributed by atoms with Gasteiger partial charge in [0.2, 0.25) is 0 Å². The van der Waals surface area contributed by atoms with Crippen molar-refractivity contribution in [1.29, 1.82) is 0 Å². The number of methoxy groups -OCH3 is 2. The Morgan fingerprint density at radius 2 is 1.55 bits per heavy atom. The molecular weight excluding hydrogens is 282 g/mol. The number of rotatable bonds is 7. The summed E-state index contributed by atoms with van der Waals surface area (Å²) in [5.74, 6) is 0.0998. The van der Waals surface area contributed by atoms with Gasteiger partial charge in [-0.2, -0.15) is 0 Å². The summed E-state index contributed by atoms with van der Waals surface area (Å²) in [5, 5.41) is 10.5. The van der Waals surface area contributed by atoms with Crippen LogP contribution in [0.15, 0.2) is 24.3 Å². The Morgan fingerprint density at radius 3 is 1.91 bits per heavy atom. The number of benzene rings is 1. The smallest absolute Gasteiger partial charge is 0.336 e. The van der Waals surface area contributed by atoms with Crippen LogP contribution in [-0.2, 0) is 9.53 Å². The van der Waals surface area contributed by atoms with E-state index in [1.54, 1.807) is 7.11 Å². The van der Waals surface area contributed by atoms with Crippen LogP contribution in [0.5, 0.6) is 5.75 Å². The Hall–Kier alpha value is -1.59. The average Bonchev–Trinajstić information content (AvgIpc) is 2.50. The van der Waals surface area contributed by atoms with Gasteiger partial charge >= 0.3 is 5.97 Å². The molecule has 0 aliphatic carbocycles. The minimum absolute atomic E-state index is 0.159. The summed E-state index contributed by atoms with van der Waals surface area (Å²) >= 11 is 0. The predicted octanol–water partition coefficient (Wildman–Crippen LogP) is 2.39. The monoisotopic (exact) mass is 309 g/mol. The highest BCUT2D eigenvalue weighted by Crippen LogP contribution is 2.30. The minimum Gasteiger partial charge on any atom is -0.497 e. The second-order valence-electron chi connectivity index (χ2n) is 5.82. The molecule has 5 nitrogen and oxygen atoms in total. The molecule has 1 aromatic rings. The highest BCUT2D eigenvalue weighted by Gasteiger charge is 2.35. The molecule has 0 amide bonds. The molecule has 1 rings (SSSR count). The van der Waals surface area contributed by atoms with E-state index in [9.17, 15) is 9.90 Å². The molecule has 0 radical (unpaired) electrons. The number of carbonyl (C=O) groups is 1. The Bertz CT molecular complexity index is 462. The van der Waals surface area contributed by atoms with Crippen LogP contribution in [0.4, 0.5) is 0 Å². The molecule has 0 aromatic heterocycles. The summed E-state index contributed by atoms with van der Waals surface area (Å²) in [5.41, 5.74) is 0.848. The van der Waals surface area contributed by atoms with Crippen LogP contribution in [0.1, 0.15) is 39.3 Å². The van der Waals surface area contributed by atoms with Crippen LogP contribution in [0.25, 0.3) is 0 Å². The summed E-state index contributed by atoms with van der Waals surface area (Å²) in [6, 6.07) is 7.23. The lowest BCUT2D eigenvalue weighted by atomic mass is 9.96. The molecule has 0 spiro atoms. The van der Waals surface area contributed by atoms with Crippen LogP contribution >= 0.6 is 0 Å². The third kappa shape index (κ3) is 4.21. The zero-order valence-electron chi connectivity index (χ0n) is 14.2. The van der Waals surface area contributed by atoms with Crippen molar-refractivity contribution >= 4 is 5.97 Å². The Morgan fingerprint density at radius 1 is 1.05 bits per heavy atom. The summed E-state index contributed by atoms with van der Waals surface area (Å²) in [4.78, 5) is 14.0. The molecule has 5 heteroatoms. The van der Waals surface area contributed by atoms with E-state index in [2.05, 4.69) is 4.90 Å². The summed E-state index contributed by atoms with van der Waals surface area (Å²) in [6.45, 7) is 8.17. The van der Waals surface area contributed by atoms with Crippen molar-refractivity contribution in [2.75, 3.05) is 14.2 Å². The Kier molecular flexibility index (Phi) is 6.84. The number of hydrogen-bond donors (Lipinski definition) is 1. The van der Waals surface area contributed by atoms with E-state index in [1.807, 2.05) is 52.0 Å². The molecule has 0 saturated carbocycles. The maximum Gasteiger partial charge on any atom is 0.336 e. The lowest BCUT2D eigenvalue weighted by Crippen LogP contribution is -2.47. The van der Waals surface area contributed by atoms with Gasteiger partial charge in [-0.1, -0.05) is 12.1 Å². The molecule has 0 aliphatic heterocycles. The van der Waals surface area contributed by atoms with Crippen molar-refractivity contribution in [1.82, 2.24) is 4.90 Å². The SMILES string of the molecule is COC(=O)[C@H](O)[C@H](c1ccc(OC)cc1)N(C(C)C)C(C)C. The Balaban J connectivity index is 3.27.